The van der Waals surface area contributed by atoms with Crippen LogP contribution in [0.1, 0.15) is 39.4 Å². The normalized spacial score (nSPS) is 10.2. The Bertz CT molecular complexity index is 505. The molecule has 0 spiro atoms. The van der Waals surface area contributed by atoms with Crippen molar-refractivity contribution in [2.75, 3.05) is 0 Å². The average Bonchev–Trinajstić information content (AvgIpc) is 2.74. The predicted molar refractivity (Wildman–Crippen MR) is 74.7 cm³/mol. The smallest absolute Gasteiger partial charge is 0.222 e. The highest BCUT2D eigenvalue weighted by Gasteiger charge is 2.10. The van der Waals surface area contributed by atoms with Crippen LogP contribution in [-0.4, -0.2) is 19.7 Å². The van der Waals surface area contributed by atoms with Gasteiger partial charge in [-0.05, 0) is 38.4 Å². The number of hydrogen-bond donors (Lipinski definition) is 0. The molecule has 0 atom stereocenters. The monoisotopic (exact) mass is 266 g/mol. The quantitative estimate of drug-likeness (QED) is 0.774. The Kier molecular flexibility index (Phi) is 5.28. The number of halogens is 1. The fourth-order valence-corrected chi connectivity index (χ4v) is 1.63. The van der Waals surface area contributed by atoms with E-state index >= 15 is 0 Å². The van der Waals surface area contributed by atoms with Crippen LogP contribution >= 0.6 is 11.6 Å². The van der Waals surface area contributed by atoms with E-state index in [9.17, 15) is 0 Å². The molecule has 0 aliphatic carbocycles. The zero-order chi connectivity index (χ0) is 13.7. The molecule has 4 nitrogen and oxygen atoms in total. The summed E-state index contributed by atoms with van der Waals surface area (Å²) in [5, 5.41) is 4.69. The highest BCUT2D eigenvalue weighted by atomic mass is 35.5. The topological polar surface area (TPSA) is 43.6 Å². The Hall–Kier alpha value is -1.42. The summed E-state index contributed by atoms with van der Waals surface area (Å²) in [5.74, 6) is 0. The Morgan fingerprint density at radius 1 is 1.28 bits per heavy atom. The summed E-state index contributed by atoms with van der Waals surface area (Å²) in [5.41, 5.74) is 2.76. The molecule has 0 aliphatic rings. The number of rotatable bonds is 2. The van der Waals surface area contributed by atoms with Crippen molar-refractivity contribution in [2.24, 2.45) is 0 Å². The fourth-order valence-electron chi connectivity index (χ4n) is 1.48. The number of aromatic nitrogens is 4. The fraction of sp³-hybridized carbons (Fsp3) is 0.462. The summed E-state index contributed by atoms with van der Waals surface area (Å²) in [6.07, 6.45) is 3.63. The molecule has 0 amide bonds. The van der Waals surface area contributed by atoms with Gasteiger partial charge >= 0.3 is 0 Å². The molecule has 0 bridgehead atoms. The van der Waals surface area contributed by atoms with E-state index in [1.165, 1.54) is 0 Å². The minimum absolute atomic E-state index is 0.259. The third-order valence-corrected chi connectivity index (χ3v) is 2.53. The first-order valence-corrected chi connectivity index (χ1v) is 6.50. The molecule has 98 valence electrons. The molecule has 0 fully saturated rings. The van der Waals surface area contributed by atoms with Crippen LogP contribution in [0.4, 0.5) is 0 Å². The first-order chi connectivity index (χ1) is 8.58. The van der Waals surface area contributed by atoms with Crippen molar-refractivity contribution in [2.45, 2.75) is 40.7 Å². The van der Waals surface area contributed by atoms with Gasteiger partial charge in [0.15, 0.2) is 0 Å². The Balaban J connectivity index is 0.000000771. The van der Waals surface area contributed by atoms with E-state index in [1.807, 2.05) is 37.7 Å². The molecular formula is C13H19ClN4. The van der Waals surface area contributed by atoms with Crippen LogP contribution in [-0.2, 0) is 0 Å². The van der Waals surface area contributed by atoms with Crippen LogP contribution in [0.5, 0.6) is 0 Å². The van der Waals surface area contributed by atoms with Crippen LogP contribution in [0.2, 0.25) is 5.28 Å². The molecule has 0 N–H and O–H groups in total. The third-order valence-electron chi connectivity index (χ3n) is 2.35. The molecule has 0 aliphatic heterocycles. The van der Waals surface area contributed by atoms with E-state index in [4.69, 9.17) is 11.6 Å². The average molecular weight is 267 g/mol. The Labute approximate surface area is 113 Å². The predicted octanol–water partition coefficient (Wildman–Crippen LogP) is 3.91. The summed E-state index contributed by atoms with van der Waals surface area (Å²) >= 11 is 5.77. The highest BCUT2D eigenvalue weighted by molar-refractivity contribution is 6.28. The first kappa shape index (κ1) is 14.6. The molecule has 0 radical (unpaired) electrons. The van der Waals surface area contributed by atoms with Gasteiger partial charge in [-0.1, -0.05) is 13.8 Å². The van der Waals surface area contributed by atoms with E-state index in [-0.39, 0.29) is 5.28 Å². The van der Waals surface area contributed by atoms with Crippen molar-refractivity contribution in [3.05, 3.63) is 29.4 Å². The highest BCUT2D eigenvalue weighted by Crippen LogP contribution is 2.22. The molecule has 0 saturated heterocycles. The summed E-state index contributed by atoms with van der Waals surface area (Å²) in [7, 11) is 0. The van der Waals surface area contributed by atoms with Crippen molar-refractivity contribution < 1.29 is 0 Å². The Morgan fingerprint density at radius 2 is 1.94 bits per heavy atom. The second kappa shape index (κ2) is 6.50. The van der Waals surface area contributed by atoms with Gasteiger partial charge in [0, 0.05) is 24.0 Å². The van der Waals surface area contributed by atoms with Gasteiger partial charge in [-0.3, -0.25) is 4.68 Å². The summed E-state index contributed by atoms with van der Waals surface area (Å²) in [6.45, 7) is 10.1. The summed E-state index contributed by atoms with van der Waals surface area (Å²) in [6, 6.07) is 2.17. The molecule has 5 heteroatoms. The molecule has 2 aromatic heterocycles. The number of hydrogen-bond acceptors (Lipinski definition) is 3. The van der Waals surface area contributed by atoms with Crippen LogP contribution < -0.4 is 0 Å². The Morgan fingerprint density at radius 3 is 2.44 bits per heavy atom. The lowest BCUT2D eigenvalue weighted by atomic mass is 10.2. The lowest BCUT2D eigenvalue weighted by molar-refractivity contribution is 0.529. The standard InChI is InChI=1S/C11H13ClN4.C2H6/c1-7(2)16-6-9(8(3)15-16)10-4-5-13-11(12)14-10;1-2/h4-7H,1-3H3;1-2H3. The molecule has 0 aromatic carbocycles. The molecule has 0 saturated carbocycles. The third kappa shape index (κ3) is 3.29. The van der Waals surface area contributed by atoms with Crippen molar-refractivity contribution in [3.63, 3.8) is 0 Å². The van der Waals surface area contributed by atoms with Gasteiger partial charge in [-0.15, -0.1) is 0 Å². The van der Waals surface area contributed by atoms with Crippen LogP contribution in [0.3, 0.4) is 0 Å². The van der Waals surface area contributed by atoms with Crippen molar-refractivity contribution in [1.82, 2.24) is 19.7 Å². The minimum Gasteiger partial charge on any atom is -0.269 e. The van der Waals surface area contributed by atoms with E-state index in [1.54, 1.807) is 6.20 Å². The zero-order valence-electron chi connectivity index (χ0n) is 11.5. The summed E-state index contributed by atoms with van der Waals surface area (Å²) < 4.78 is 1.92. The largest absolute Gasteiger partial charge is 0.269 e. The van der Waals surface area contributed by atoms with Gasteiger partial charge in [0.1, 0.15) is 0 Å². The van der Waals surface area contributed by atoms with E-state index in [0.717, 1.165) is 17.0 Å². The second-order valence-electron chi connectivity index (χ2n) is 3.91. The number of aryl methyl sites for hydroxylation is 1. The molecular weight excluding hydrogens is 248 g/mol. The van der Waals surface area contributed by atoms with Crippen LogP contribution in [0.15, 0.2) is 18.5 Å². The maximum Gasteiger partial charge on any atom is 0.222 e. The maximum absolute atomic E-state index is 5.77. The van der Waals surface area contributed by atoms with Crippen molar-refractivity contribution in [1.29, 1.82) is 0 Å². The van der Waals surface area contributed by atoms with Gasteiger partial charge in [-0.25, -0.2) is 9.97 Å². The molecule has 18 heavy (non-hydrogen) atoms. The SMILES string of the molecule is CC.Cc1nn(C(C)C)cc1-c1ccnc(Cl)n1. The summed E-state index contributed by atoms with van der Waals surface area (Å²) in [4.78, 5) is 8.04. The van der Waals surface area contributed by atoms with Crippen LogP contribution in [0, 0.1) is 6.92 Å². The van der Waals surface area contributed by atoms with Crippen molar-refractivity contribution in [3.8, 4) is 11.3 Å². The van der Waals surface area contributed by atoms with Crippen LogP contribution in [0.25, 0.3) is 11.3 Å². The molecule has 2 heterocycles. The van der Waals surface area contributed by atoms with Gasteiger partial charge in [0.2, 0.25) is 5.28 Å². The number of nitrogens with zero attached hydrogens (tertiary/aromatic N) is 4. The zero-order valence-corrected chi connectivity index (χ0v) is 12.2. The van der Waals surface area contributed by atoms with Gasteiger partial charge in [0.05, 0.1) is 11.4 Å². The maximum atomic E-state index is 5.77. The molecule has 2 aromatic rings. The molecule has 0 unspecified atom stereocenters. The first-order valence-electron chi connectivity index (χ1n) is 6.12. The van der Waals surface area contributed by atoms with Gasteiger partial charge < -0.3 is 0 Å². The van der Waals surface area contributed by atoms with Crippen molar-refractivity contribution >= 4 is 11.6 Å². The van der Waals surface area contributed by atoms with Gasteiger partial charge in [0.25, 0.3) is 0 Å². The van der Waals surface area contributed by atoms with E-state index in [0.29, 0.717) is 6.04 Å². The lowest BCUT2D eigenvalue weighted by Gasteiger charge is -2.02. The van der Waals surface area contributed by atoms with E-state index < -0.39 is 0 Å². The molecule has 2 rings (SSSR count). The second-order valence-corrected chi connectivity index (χ2v) is 4.25. The minimum atomic E-state index is 0.259. The lowest BCUT2D eigenvalue weighted by Crippen LogP contribution is -2.00. The van der Waals surface area contributed by atoms with Gasteiger partial charge in [-0.2, -0.15) is 5.10 Å². The van der Waals surface area contributed by atoms with E-state index in [2.05, 4.69) is 28.9 Å².